The lowest BCUT2D eigenvalue weighted by Crippen LogP contribution is -2.03. The van der Waals surface area contributed by atoms with Gasteiger partial charge < -0.3 is 5.73 Å². The molecule has 0 aliphatic rings. The molecule has 0 aliphatic heterocycles. The van der Waals surface area contributed by atoms with E-state index in [9.17, 15) is 14.9 Å². The molecule has 0 aliphatic carbocycles. The Balaban J connectivity index is 2.46. The number of hydrogen-bond acceptors (Lipinski definition) is 5. The van der Waals surface area contributed by atoms with Gasteiger partial charge >= 0.3 is 0 Å². The van der Waals surface area contributed by atoms with E-state index in [-0.39, 0.29) is 22.7 Å². The average molecular weight is 243 g/mol. The molecule has 1 aromatic heterocycles. The summed E-state index contributed by atoms with van der Waals surface area (Å²) >= 11 is 0. The van der Waals surface area contributed by atoms with E-state index >= 15 is 0 Å². The average Bonchev–Trinajstić information content (AvgIpc) is 2.38. The first-order valence-corrected chi connectivity index (χ1v) is 5.07. The summed E-state index contributed by atoms with van der Waals surface area (Å²) in [4.78, 5) is 26.0. The number of non-ortho nitro benzene ring substituents is 1. The van der Waals surface area contributed by atoms with Gasteiger partial charge in [0.15, 0.2) is 5.78 Å². The van der Waals surface area contributed by atoms with E-state index in [0.29, 0.717) is 5.56 Å². The van der Waals surface area contributed by atoms with Crippen LogP contribution in [0.2, 0.25) is 0 Å². The van der Waals surface area contributed by atoms with Crippen molar-refractivity contribution in [3.8, 4) is 0 Å². The maximum absolute atomic E-state index is 12.1. The lowest BCUT2D eigenvalue weighted by Gasteiger charge is -2.02. The van der Waals surface area contributed by atoms with Gasteiger partial charge in [0.25, 0.3) is 5.69 Å². The van der Waals surface area contributed by atoms with Gasteiger partial charge in [-0.25, -0.2) is 0 Å². The molecule has 0 amide bonds. The molecule has 0 fully saturated rings. The number of aromatic nitrogens is 1. The van der Waals surface area contributed by atoms with Crippen LogP contribution < -0.4 is 5.73 Å². The Morgan fingerprint density at radius 2 is 1.83 bits per heavy atom. The predicted molar refractivity (Wildman–Crippen MR) is 65.2 cm³/mol. The molecule has 0 bridgehead atoms. The molecule has 0 saturated carbocycles. The van der Waals surface area contributed by atoms with E-state index in [2.05, 4.69) is 4.98 Å². The van der Waals surface area contributed by atoms with E-state index in [1.807, 2.05) is 0 Å². The number of carbonyl (C=O) groups excluding carboxylic acids is 1. The number of pyridine rings is 1. The number of nitrogens with zero attached hydrogens (tertiary/aromatic N) is 2. The summed E-state index contributed by atoms with van der Waals surface area (Å²) in [7, 11) is 0. The third kappa shape index (κ3) is 2.32. The standard InChI is InChI=1S/C12H9N3O3/c13-10-5-9(6-11(7-10)15(17)18)12(16)8-1-3-14-4-2-8/h1-7H,13H2. The van der Waals surface area contributed by atoms with Gasteiger partial charge in [-0.05, 0) is 18.2 Å². The second-order valence-electron chi connectivity index (χ2n) is 3.64. The van der Waals surface area contributed by atoms with Gasteiger partial charge in [0.1, 0.15) is 0 Å². The molecular formula is C12H9N3O3. The Bertz CT molecular complexity index is 611. The molecule has 6 heteroatoms. The molecule has 1 aromatic carbocycles. The highest BCUT2D eigenvalue weighted by atomic mass is 16.6. The molecule has 0 atom stereocenters. The predicted octanol–water partition coefficient (Wildman–Crippen LogP) is 1.80. The van der Waals surface area contributed by atoms with Gasteiger partial charge in [-0.2, -0.15) is 0 Å². The summed E-state index contributed by atoms with van der Waals surface area (Å²) in [5.74, 6) is -0.326. The third-order valence-corrected chi connectivity index (χ3v) is 2.36. The number of nitro groups is 1. The zero-order valence-electron chi connectivity index (χ0n) is 9.24. The first-order chi connectivity index (χ1) is 8.58. The summed E-state index contributed by atoms with van der Waals surface area (Å²) in [6.45, 7) is 0. The number of anilines is 1. The molecule has 2 rings (SSSR count). The quantitative estimate of drug-likeness (QED) is 0.383. The van der Waals surface area contributed by atoms with Gasteiger partial charge in [0.05, 0.1) is 4.92 Å². The largest absolute Gasteiger partial charge is 0.399 e. The summed E-state index contributed by atoms with van der Waals surface area (Å²) in [6, 6.07) is 6.91. The van der Waals surface area contributed by atoms with Crippen LogP contribution in [-0.4, -0.2) is 15.7 Å². The lowest BCUT2D eigenvalue weighted by molar-refractivity contribution is -0.384. The lowest BCUT2D eigenvalue weighted by atomic mass is 10.0. The number of benzene rings is 1. The van der Waals surface area contributed by atoms with Crippen molar-refractivity contribution in [2.45, 2.75) is 0 Å². The fourth-order valence-corrected chi connectivity index (χ4v) is 1.54. The molecule has 0 radical (unpaired) electrons. The van der Waals surface area contributed by atoms with Crippen molar-refractivity contribution in [2.24, 2.45) is 0 Å². The van der Waals surface area contributed by atoms with Crippen molar-refractivity contribution in [1.82, 2.24) is 4.98 Å². The van der Waals surface area contributed by atoms with Gasteiger partial charge in [-0.1, -0.05) is 0 Å². The summed E-state index contributed by atoms with van der Waals surface area (Å²) in [5.41, 5.74) is 6.12. The van der Waals surface area contributed by atoms with Gasteiger partial charge in [-0.15, -0.1) is 0 Å². The molecule has 0 saturated heterocycles. The summed E-state index contributed by atoms with van der Waals surface area (Å²) in [5, 5.41) is 10.7. The fraction of sp³-hybridized carbons (Fsp3) is 0. The topological polar surface area (TPSA) is 99.1 Å². The fourth-order valence-electron chi connectivity index (χ4n) is 1.54. The van der Waals surface area contributed by atoms with Crippen LogP contribution in [0.1, 0.15) is 15.9 Å². The Morgan fingerprint density at radius 3 is 2.44 bits per heavy atom. The number of nitrogens with two attached hydrogens (primary N) is 1. The minimum absolute atomic E-state index is 0.182. The number of nitro benzene ring substituents is 1. The number of rotatable bonds is 3. The van der Waals surface area contributed by atoms with Crippen LogP contribution in [-0.2, 0) is 0 Å². The number of hydrogen-bond donors (Lipinski definition) is 1. The Hall–Kier alpha value is -2.76. The van der Waals surface area contributed by atoms with Crippen molar-refractivity contribution in [1.29, 1.82) is 0 Å². The van der Waals surface area contributed by atoms with Gasteiger partial charge in [0.2, 0.25) is 0 Å². The highest BCUT2D eigenvalue weighted by Crippen LogP contribution is 2.20. The molecule has 1 heterocycles. The van der Waals surface area contributed by atoms with Crippen molar-refractivity contribution >= 4 is 17.2 Å². The molecule has 0 spiro atoms. The Labute approximate surface area is 102 Å². The molecule has 0 unspecified atom stereocenters. The molecule has 6 nitrogen and oxygen atoms in total. The maximum atomic E-state index is 12.1. The van der Waals surface area contributed by atoms with E-state index in [1.165, 1.54) is 42.7 Å². The molecule has 18 heavy (non-hydrogen) atoms. The highest BCUT2D eigenvalue weighted by Gasteiger charge is 2.14. The number of carbonyl (C=O) groups is 1. The zero-order chi connectivity index (χ0) is 13.1. The highest BCUT2D eigenvalue weighted by molar-refractivity contribution is 6.09. The van der Waals surface area contributed by atoms with Crippen LogP contribution in [0.25, 0.3) is 0 Å². The first kappa shape index (κ1) is 11.7. The molecule has 90 valence electrons. The van der Waals surface area contributed by atoms with E-state index in [4.69, 9.17) is 5.73 Å². The van der Waals surface area contributed by atoms with Crippen LogP contribution in [0.4, 0.5) is 11.4 Å². The van der Waals surface area contributed by atoms with Crippen LogP contribution in [0, 0.1) is 10.1 Å². The minimum Gasteiger partial charge on any atom is -0.399 e. The zero-order valence-corrected chi connectivity index (χ0v) is 9.24. The number of ketones is 1. The van der Waals surface area contributed by atoms with E-state index in [1.54, 1.807) is 0 Å². The monoisotopic (exact) mass is 243 g/mol. The van der Waals surface area contributed by atoms with Crippen LogP contribution in [0.5, 0.6) is 0 Å². The van der Waals surface area contributed by atoms with Crippen molar-refractivity contribution in [3.63, 3.8) is 0 Å². The molecule has 2 N–H and O–H groups in total. The third-order valence-electron chi connectivity index (χ3n) is 2.36. The SMILES string of the molecule is Nc1cc(C(=O)c2ccncc2)cc([N+](=O)[O-])c1. The minimum atomic E-state index is -0.584. The van der Waals surface area contributed by atoms with Crippen molar-refractivity contribution < 1.29 is 9.72 Å². The Kier molecular flexibility index (Phi) is 3.01. The van der Waals surface area contributed by atoms with Crippen LogP contribution >= 0.6 is 0 Å². The van der Waals surface area contributed by atoms with Crippen LogP contribution in [0.3, 0.4) is 0 Å². The Morgan fingerprint density at radius 1 is 1.17 bits per heavy atom. The summed E-state index contributed by atoms with van der Waals surface area (Å²) < 4.78 is 0. The van der Waals surface area contributed by atoms with Crippen molar-refractivity contribution in [2.75, 3.05) is 5.73 Å². The second kappa shape index (κ2) is 4.62. The van der Waals surface area contributed by atoms with Crippen molar-refractivity contribution in [3.05, 3.63) is 64.0 Å². The van der Waals surface area contributed by atoms with E-state index in [0.717, 1.165) is 0 Å². The molecule has 2 aromatic rings. The van der Waals surface area contributed by atoms with Gasteiger partial charge in [-0.3, -0.25) is 19.9 Å². The maximum Gasteiger partial charge on any atom is 0.272 e. The molecular weight excluding hydrogens is 234 g/mol. The number of nitrogen functional groups attached to an aromatic ring is 1. The normalized spacial score (nSPS) is 10.0. The second-order valence-corrected chi connectivity index (χ2v) is 3.64. The van der Waals surface area contributed by atoms with Gasteiger partial charge in [0, 0.05) is 41.3 Å². The van der Waals surface area contributed by atoms with Crippen LogP contribution in [0.15, 0.2) is 42.7 Å². The summed E-state index contributed by atoms with van der Waals surface area (Å²) in [6.07, 6.45) is 2.96. The smallest absolute Gasteiger partial charge is 0.272 e. The van der Waals surface area contributed by atoms with E-state index < -0.39 is 4.92 Å². The first-order valence-electron chi connectivity index (χ1n) is 5.07.